The van der Waals surface area contributed by atoms with Gasteiger partial charge in [-0.25, -0.2) is 0 Å². The molecule has 9 heteroatoms. The number of benzene rings is 1. The molecule has 1 aliphatic rings. The summed E-state index contributed by atoms with van der Waals surface area (Å²) in [4.78, 5) is 17.6. The molecule has 7 nitrogen and oxygen atoms in total. The fourth-order valence-corrected chi connectivity index (χ4v) is 4.28. The van der Waals surface area contributed by atoms with E-state index in [2.05, 4.69) is 55.8 Å². The first kappa shape index (κ1) is 16.9. The summed E-state index contributed by atoms with van der Waals surface area (Å²) in [5.74, 6) is 0.204. The summed E-state index contributed by atoms with van der Waals surface area (Å²) >= 11 is 3.72. The zero-order valence-electron chi connectivity index (χ0n) is 13.7. The van der Waals surface area contributed by atoms with Gasteiger partial charge in [0.2, 0.25) is 10.8 Å². The number of carbonyl (C=O) groups is 1. The van der Waals surface area contributed by atoms with Crippen LogP contribution in [-0.4, -0.2) is 68.2 Å². The maximum atomic E-state index is 12.8. The Hall–Kier alpha value is -1.59. The molecule has 1 saturated heterocycles. The van der Waals surface area contributed by atoms with E-state index in [4.69, 9.17) is 0 Å². The van der Waals surface area contributed by atoms with Crippen LogP contribution in [0.25, 0.3) is 15.5 Å². The van der Waals surface area contributed by atoms with Crippen LogP contribution < -0.4 is 0 Å². The second-order valence-corrected chi connectivity index (χ2v) is 8.06. The van der Waals surface area contributed by atoms with E-state index in [9.17, 15) is 4.79 Å². The van der Waals surface area contributed by atoms with Crippen LogP contribution in [0.2, 0.25) is 0 Å². The van der Waals surface area contributed by atoms with Crippen molar-refractivity contribution in [2.75, 3.05) is 32.7 Å². The van der Waals surface area contributed by atoms with E-state index in [1.54, 1.807) is 4.52 Å². The van der Waals surface area contributed by atoms with Crippen LogP contribution >= 0.6 is 33.9 Å². The highest BCUT2D eigenvalue weighted by molar-refractivity contribution is 14.1. The third-order valence-electron chi connectivity index (χ3n) is 4.36. The molecular formula is C16H17IN6OS. The molecule has 1 fully saturated rings. The van der Waals surface area contributed by atoms with Crippen molar-refractivity contribution in [1.82, 2.24) is 29.6 Å². The Morgan fingerprint density at radius 3 is 2.76 bits per heavy atom. The third-order valence-corrected chi connectivity index (χ3v) is 5.98. The van der Waals surface area contributed by atoms with Crippen molar-refractivity contribution in [3.05, 3.63) is 33.7 Å². The molecule has 0 radical (unpaired) electrons. The number of hydrogen-bond donors (Lipinski definition) is 0. The van der Waals surface area contributed by atoms with Crippen molar-refractivity contribution >= 4 is 44.8 Å². The maximum Gasteiger partial charge on any atom is 0.293 e. The lowest BCUT2D eigenvalue weighted by Gasteiger charge is -2.33. The van der Waals surface area contributed by atoms with E-state index in [1.165, 1.54) is 11.3 Å². The zero-order chi connectivity index (χ0) is 17.4. The highest BCUT2D eigenvalue weighted by atomic mass is 127. The quantitative estimate of drug-likeness (QED) is 0.552. The smallest absolute Gasteiger partial charge is 0.293 e. The molecule has 1 amide bonds. The van der Waals surface area contributed by atoms with Crippen LogP contribution in [0.15, 0.2) is 24.3 Å². The predicted molar refractivity (Wildman–Crippen MR) is 105 cm³/mol. The number of fused-ring (bicyclic) bond motifs is 1. The summed E-state index contributed by atoms with van der Waals surface area (Å²) in [6.45, 7) is 6.39. The van der Waals surface area contributed by atoms with Gasteiger partial charge in [-0.2, -0.15) is 9.61 Å². The molecule has 25 heavy (non-hydrogen) atoms. The lowest BCUT2D eigenvalue weighted by Crippen LogP contribution is -2.48. The molecule has 2 aromatic heterocycles. The number of likely N-dealkylation sites (N-methyl/N-ethyl adjacent to an activating group) is 1. The number of nitrogens with zero attached hydrogens (tertiary/aromatic N) is 6. The summed E-state index contributed by atoms with van der Waals surface area (Å²) in [7, 11) is 0. The first-order chi connectivity index (χ1) is 12.2. The molecule has 1 aromatic carbocycles. The molecule has 3 heterocycles. The molecule has 0 saturated carbocycles. The summed E-state index contributed by atoms with van der Waals surface area (Å²) in [6, 6.07) is 8.12. The van der Waals surface area contributed by atoms with Gasteiger partial charge < -0.3 is 9.80 Å². The van der Waals surface area contributed by atoms with Gasteiger partial charge in [-0.3, -0.25) is 4.79 Å². The minimum Gasteiger partial charge on any atom is -0.333 e. The molecule has 1 aliphatic heterocycles. The molecule has 4 rings (SSSR count). The number of hydrogen-bond acceptors (Lipinski definition) is 6. The number of halogens is 1. The minimum atomic E-state index is -0.0947. The molecule has 3 aromatic rings. The van der Waals surface area contributed by atoms with E-state index < -0.39 is 0 Å². The van der Waals surface area contributed by atoms with Gasteiger partial charge in [0.25, 0.3) is 5.91 Å². The summed E-state index contributed by atoms with van der Waals surface area (Å²) in [6.07, 6.45) is 0. The number of carbonyl (C=O) groups excluding carboxylic acids is 1. The SMILES string of the molecule is CCN1CCN(C(=O)c2nnc3sc(-c4cccc(I)c4)nn23)CC1. The van der Waals surface area contributed by atoms with E-state index in [-0.39, 0.29) is 5.91 Å². The second-order valence-electron chi connectivity index (χ2n) is 5.86. The Labute approximate surface area is 162 Å². The van der Waals surface area contributed by atoms with Crippen LogP contribution in [0, 0.1) is 3.57 Å². The molecule has 0 unspecified atom stereocenters. The highest BCUT2D eigenvalue weighted by Crippen LogP contribution is 2.26. The third kappa shape index (κ3) is 3.27. The molecule has 0 aliphatic carbocycles. The summed E-state index contributed by atoms with van der Waals surface area (Å²) in [5, 5.41) is 13.6. The van der Waals surface area contributed by atoms with Crippen molar-refractivity contribution < 1.29 is 4.79 Å². The number of aromatic nitrogens is 4. The van der Waals surface area contributed by atoms with Gasteiger partial charge in [-0.05, 0) is 41.3 Å². The standard InChI is InChI=1S/C16H17IN6OS/c1-2-21-6-8-22(9-7-21)15(24)13-18-19-16-23(13)20-14(25-16)11-4-3-5-12(17)10-11/h3-5,10H,2,6-9H2,1H3. The van der Waals surface area contributed by atoms with Crippen molar-refractivity contribution in [1.29, 1.82) is 0 Å². The monoisotopic (exact) mass is 468 g/mol. The number of amides is 1. The van der Waals surface area contributed by atoms with Crippen molar-refractivity contribution in [3.8, 4) is 10.6 Å². The van der Waals surface area contributed by atoms with E-state index >= 15 is 0 Å². The summed E-state index contributed by atoms with van der Waals surface area (Å²) < 4.78 is 2.72. The molecular weight excluding hydrogens is 451 g/mol. The average Bonchev–Trinajstić information content (AvgIpc) is 3.22. The highest BCUT2D eigenvalue weighted by Gasteiger charge is 2.26. The molecule has 0 bridgehead atoms. The van der Waals surface area contributed by atoms with Crippen molar-refractivity contribution in [3.63, 3.8) is 0 Å². The van der Waals surface area contributed by atoms with E-state index in [0.717, 1.165) is 46.9 Å². The van der Waals surface area contributed by atoms with Crippen molar-refractivity contribution in [2.45, 2.75) is 6.92 Å². The first-order valence-corrected chi connectivity index (χ1v) is 10.0. The topological polar surface area (TPSA) is 66.6 Å². The Morgan fingerprint density at radius 1 is 1.24 bits per heavy atom. The lowest BCUT2D eigenvalue weighted by atomic mass is 10.2. The Bertz CT molecular complexity index is 914. The fraction of sp³-hybridized carbons (Fsp3) is 0.375. The normalized spacial score (nSPS) is 15.8. The van der Waals surface area contributed by atoms with Crippen molar-refractivity contribution in [2.24, 2.45) is 0 Å². The largest absolute Gasteiger partial charge is 0.333 e. The minimum absolute atomic E-state index is 0.0947. The van der Waals surface area contributed by atoms with Gasteiger partial charge in [0, 0.05) is 35.3 Å². The number of piperazine rings is 1. The number of rotatable bonds is 3. The first-order valence-electron chi connectivity index (χ1n) is 8.15. The predicted octanol–water partition coefficient (Wildman–Crippen LogP) is 2.24. The van der Waals surface area contributed by atoms with Gasteiger partial charge in [0.1, 0.15) is 5.01 Å². The summed E-state index contributed by atoms with van der Waals surface area (Å²) in [5.41, 5.74) is 1.03. The fourth-order valence-electron chi connectivity index (χ4n) is 2.90. The Morgan fingerprint density at radius 2 is 2.04 bits per heavy atom. The van der Waals surface area contributed by atoms with Crippen LogP contribution in [0.4, 0.5) is 0 Å². The van der Waals surface area contributed by atoms with Crippen LogP contribution in [0.3, 0.4) is 0 Å². The van der Waals surface area contributed by atoms with E-state index in [1.807, 2.05) is 23.1 Å². The molecule has 130 valence electrons. The van der Waals surface area contributed by atoms with Crippen LogP contribution in [-0.2, 0) is 0 Å². The Kier molecular flexibility index (Phi) is 4.69. The van der Waals surface area contributed by atoms with Gasteiger partial charge in [-0.15, -0.1) is 10.2 Å². The van der Waals surface area contributed by atoms with Crippen LogP contribution in [0.5, 0.6) is 0 Å². The second kappa shape index (κ2) is 6.96. The van der Waals surface area contributed by atoms with Gasteiger partial charge >= 0.3 is 0 Å². The zero-order valence-corrected chi connectivity index (χ0v) is 16.7. The molecule has 0 N–H and O–H groups in total. The molecule has 0 atom stereocenters. The van der Waals surface area contributed by atoms with Gasteiger partial charge in [0.15, 0.2) is 0 Å². The Balaban J connectivity index is 1.61. The lowest BCUT2D eigenvalue weighted by molar-refractivity contribution is 0.0628. The van der Waals surface area contributed by atoms with Crippen LogP contribution in [0.1, 0.15) is 17.5 Å². The molecule has 0 spiro atoms. The average molecular weight is 468 g/mol. The van der Waals surface area contributed by atoms with E-state index in [0.29, 0.717) is 10.8 Å². The maximum absolute atomic E-state index is 12.8. The van der Waals surface area contributed by atoms with Gasteiger partial charge in [0.05, 0.1) is 0 Å². The van der Waals surface area contributed by atoms with Gasteiger partial charge in [-0.1, -0.05) is 30.4 Å².